The molecule has 18 heavy (non-hydrogen) atoms. The van der Waals surface area contributed by atoms with Gasteiger partial charge in [-0.2, -0.15) is 13.2 Å². The number of alkyl halides is 3. The Balaban J connectivity index is 2.50. The summed E-state index contributed by atoms with van der Waals surface area (Å²) in [5, 5.41) is 11.1. The third-order valence-corrected chi connectivity index (χ3v) is 2.15. The number of rotatable bonds is 5. The Morgan fingerprint density at radius 2 is 2.28 bits per heavy atom. The molecule has 0 saturated carbocycles. The van der Waals surface area contributed by atoms with E-state index in [4.69, 9.17) is 9.52 Å². The predicted molar refractivity (Wildman–Crippen MR) is 53.8 cm³/mol. The summed E-state index contributed by atoms with van der Waals surface area (Å²) in [7, 11) is 1.16. The molecule has 102 valence electrons. The van der Waals surface area contributed by atoms with Crippen LogP contribution in [0.1, 0.15) is 16.1 Å². The third kappa shape index (κ3) is 3.74. The fraction of sp³-hybridized carbons (Fsp3) is 0.500. The number of halogens is 3. The number of hydrogen-bond donors (Lipinski definition) is 2. The molecule has 0 radical (unpaired) electrons. The van der Waals surface area contributed by atoms with Crippen molar-refractivity contribution in [1.29, 1.82) is 0 Å². The van der Waals surface area contributed by atoms with E-state index in [0.29, 0.717) is 5.56 Å². The lowest BCUT2D eigenvalue weighted by Crippen LogP contribution is -2.38. The van der Waals surface area contributed by atoms with Crippen LogP contribution in [0.3, 0.4) is 0 Å². The van der Waals surface area contributed by atoms with E-state index in [1.165, 1.54) is 12.3 Å². The highest BCUT2D eigenvalue weighted by Crippen LogP contribution is 2.19. The van der Waals surface area contributed by atoms with Gasteiger partial charge in [-0.15, -0.1) is 0 Å². The van der Waals surface area contributed by atoms with Gasteiger partial charge in [0.05, 0.1) is 13.4 Å². The second kappa shape index (κ2) is 5.87. The first kappa shape index (κ1) is 14.5. The Labute approximate surface area is 101 Å². The average molecular weight is 267 g/mol. The number of esters is 1. The second-order valence-electron chi connectivity index (χ2n) is 3.45. The minimum atomic E-state index is -4.67. The first-order valence-corrected chi connectivity index (χ1v) is 4.96. The molecule has 1 rings (SSSR count). The van der Waals surface area contributed by atoms with Gasteiger partial charge in [0.15, 0.2) is 6.10 Å². The van der Waals surface area contributed by atoms with E-state index >= 15 is 0 Å². The zero-order chi connectivity index (χ0) is 13.8. The van der Waals surface area contributed by atoms with Gasteiger partial charge >= 0.3 is 12.1 Å². The summed E-state index contributed by atoms with van der Waals surface area (Å²) >= 11 is 0. The van der Waals surface area contributed by atoms with Crippen molar-refractivity contribution < 1.29 is 32.2 Å². The minimum absolute atomic E-state index is 0.0475. The van der Waals surface area contributed by atoms with Crippen molar-refractivity contribution >= 4 is 5.97 Å². The lowest BCUT2D eigenvalue weighted by atomic mass is 10.2. The second-order valence-corrected chi connectivity index (χ2v) is 3.45. The monoisotopic (exact) mass is 267 g/mol. The van der Waals surface area contributed by atoms with E-state index in [-0.39, 0.29) is 12.3 Å². The molecule has 0 amide bonds. The van der Waals surface area contributed by atoms with Crippen LogP contribution in [-0.4, -0.2) is 37.0 Å². The van der Waals surface area contributed by atoms with Gasteiger partial charge in [-0.25, -0.2) is 4.79 Å². The predicted octanol–water partition coefficient (Wildman–Crippen LogP) is 1.08. The molecular weight excluding hydrogens is 255 g/mol. The van der Waals surface area contributed by atoms with Crippen molar-refractivity contribution in [3.8, 4) is 0 Å². The van der Waals surface area contributed by atoms with Gasteiger partial charge in [-0.1, -0.05) is 0 Å². The van der Waals surface area contributed by atoms with Crippen LogP contribution >= 0.6 is 0 Å². The highest BCUT2D eigenvalue weighted by molar-refractivity contribution is 5.87. The summed E-state index contributed by atoms with van der Waals surface area (Å²) < 4.78 is 45.3. The summed E-state index contributed by atoms with van der Waals surface area (Å²) in [4.78, 5) is 11.2. The maximum Gasteiger partial charge on any atom is 0.415 e. The number of carbonyl (C=O) groups excluding carboxylic acids is 1. The van der Waals surface area contributed by atoms with Crippen LogP contribution in [-0.2, 0) is 11.3 Å². The van der Waals surface area contributed by atoms with E-state index in [2.05, 4.69) is 10.1 Å². The van der Waals surface area contributed by atoms with Crippen molar-refractivity contribution in [2.24, 2.45) is 0 Å². The number of carbonyl (C=O) groups is 1. The Bertz CT molecular complexity index is 402. The zero-order valence-corrected chi connectivity index (χ0v) is 9.45. The largest absolute Gasteiger partial charge is 0.463 e. The molecule has 0 fully saturated rings. The minimum Gasteiger partial charge on any atom is -0.463 e. The number of methoxy groups -OCH3 is 1. The first-order chi connectivity index (χ1) is 8.36. The zero-order valence-electron chi connectivity index (χ0n) is 9.45. The van der Waals surface area contributed by atoms with Gasteiger partial charge in [-0.05, 0) is 6.07 Å². The number of ether oxygens (including phenoxy) is 1. The molecule has 0 aromatic carbocycles. The SMILES string of the molecule is COC(=O)c1occc1CNCC(O)C(F)(F)F. The molecule has 5 nitrogen and oxygen atoms in total. The molecule has 1 atom stereocenters. The summed E-state index contributed by atoms with van der Waals surface area (Å²) in [5.41, 5.74) is 0.358. The van der Waals surface area contributed by atoms with Gasteiger partial charge in [0.2, 0.25) is 5.76 Å². The summed E-state index contributed by atoms with van der Waals surface area (Å²) in [6.07, 6.45) is -5.90. The summed E-state index contributed by atoms with van der Waals surface area (Å²) in [6.45, 7) is -0.719. The highest BCUT2D eigenvalue weighted by Gasteiger charge is 2.37. The lowest BCUT2D eigenvalue weighted by molar-refractivity contribution is -0.201. The molecule has 0 bridgehead atoms. The molecule has 0 saturated heterocycles. The van der Waals surface area contributed by atoms with Crippen molar-refractivity contribution in [3.05, 3.63) is 23.7 Å². The van der Waals surface area contributed by atoms with Crippen LogP contribution in [0, 0.1) is 0 Å². The molecule has 0 aliphatic carbocycles. The third-order valence-electron chi connectivity index (χ3n) is 2.15. The molecule has 1 unspecified atom stereocenters. The van der Waals surface area contributed by atoms with Crippen LogP contribution < -0.4 is 5.32 Å². The van der Waals surface area contributed by atoms with Crippen LogP contribution in [0.15, 0.2) is 16.7 Å². The van der Waals surface area contributed by atoms with Crippen molar-refractivity contribution in [1.82, 2.24) is 5.32 Å². The van der Waals surface area contributed by atoms with Crippen LogP contribution in [0.25, 0.3) is 0 Å². The standard InChI is InChI=1S/C10H12F3NO4/c1-17-9(16)8-6(2-3-18-8)4-14-5-7(15)10(11,12)13/h2-3,7,14-15H,4-5H2,1H3. The number of nitrogens with one attached hydrogen (secondary N) is 1. The van der Waals surface area contributed by atoms with Crippen molar-refractivity contribution in [2.45, 2.75) is 18.8 Å². The van der Waals surface area contributed by atoms with Crippen molar-refractivity contribution in [2.75, 3.05) is 13.7 Å². The van der Waals surface area contributed by atoms with Crippen LogP contribution in [0.5, 0.6) is 0 Å². The van der Waals surface area contributed by atoms with Crippen molar-refractivity contribution in [3.63, 3.8) is 0 Å². The van der Waals surface area contributed by atoms with E-state index < -0.39 is 24.8 Å². The van der Waals surface area contributed by atoms with Gasteiger partial charge in [0, 0.05) is 18.7 Å². The maximum atomic E-state index is 12.0. The van der Waals surface area contributed by atoms with E-state index in [0.717, 1.165) is 7.11 Å². The van der Waals surface area contributed by atoms with Gasteiger partial charge in [-0.3, -0.25) is 0 Å². The molecule has 1 heterocycles. The number of aliphatic hydroxyl groups excluding tert-OH is 1. The molecule has 2 N–H and O–H groups in total. The first-order valence-electron chi connectivity index (χ1n) is 4.96. The topological polar surface area (TPSA) is 71.7 Å². The molecule has 1 aromatic heterocycles. The van der Waals surface area contributed by atoms with Crippen LogP contribution in [0.4, 0.5) is 13.2 Å². The van der Waals surface area contributed by atoms with E-state index in [9.17, 15) is 18.0 Å². The van der Waals surface area contributed by atoms with E-state index in [1.54, 1.807) is 0 Å². The Morgan fingerprint density at radius 3 is 2.83 bits per heavy atom. The molecular formula is C10H12F3NO4. The Morgan fingerprint density at radius 1 is 1.61 bits per heavy atom. The fourth-order valence-corrected chi connectivity index (χ4v) is 1.21. The average Bonchev–Trinajstić information content (AvgIpc) is 2.75. The normalized spacial score (nSPS) is 13.4. The molecule has 1 aromatic rings. The smallest absolute Gasteiger partial charge is 0.415 e. The fourth-order valence-electron chi connectivity index (χ4n) is 1.21. The summed E-state index contributed by atoms with van der Waals surface area (Å²) in [5.74, 6) is -0.792. The Kier molecular flexibility index (Phi) is 4.74. The van der Waals surface area contributed by atoms with Crippen LogP contribution in [0.2, 0.25) is 0 Å². The molecule has 8 heteroatoms. The summed E-state index contributed by atoms with van der Waals surface area (Å²) in [6, 6.07) is 1.43. The van der Waals surface area contributed by atoms with Gasteiger partial charge in [0.25, 0.3) is 0 Å². The lowest BCUT2D eigenvalue weighted by Gasteiger charge is -2.14. The molecule has 0 spiro atoms. The maximum absolute atomic E-state index is 12.0. The number of furan rings is 1. The quantitative estimate of drug-likeness (QED) is 0.781. The number of hydrogen-bond acceptors (Lipinski definition) is 5. The van der Waals surface area contributed by atoms with Gasteiger partial charge in [0.1, 0.15) is 0 Å². The Hall–Kier alpha value is -1.54. The molecule has 0 aliphatic heterocycles. The number of aliphatic hydroxyl groups is 1. The van der Waals surface area contributed by atoms with Gasteiger partial charge < -0.3 is 19.6 Å². The molecule has 0 aliphatic rings. The highest BCUT2D eigenvalue weighted by atomic mass is 19.4. The van der Waals surface area contributed by atoms with E-state index in [1.807, 2.05) is 0 Å².